The Morgan fingerprint density at radius 1 is 1.05 bits per heavy atom. The second kappa shape index (κ2) is 4.97. The maximum atomic E-state index is 12.6. The highest BCUT2D eigenvalue weighted by molar-refractivity contribution is 6.30. The van der Waals surface area contributed by atoms with Crippen molar-refractivity contribution in [1.29, 1.82) is 5.26 Å². The molecule has 4 nitrogen and oxygen atoms in total. The minimum absolute atomic E-state index is 0.128. The molecule has 3 aromatic rings. The van der Waals surface area contributed by atoms with Crippen LogP contribution in [0.1, 0.15) is 5.56 Å². The van der Waals surface area contributed by atoms with Gasteiger partial charge in [0, 0.05) is 15.8 Å². The molecule has 21 heavy (non-hydrogen) atoms. The zero-order chi connectivity index (χ0) is 15.0. The normalized spacial score (nSPS) is 10.5. The van der Waals surface area contributed by atoms with E-state index < -0.39 is 0 Å². The number of pyridine rings is 1. The first-order valence-electron chi connectivity index (χ1n) is 6.22. The highest BCUT2D eigenvalue weighted by atomic mass is 35.5. The van der Waals surface area contributed by atoms with Crippen LogP contribution in [0.3, 0.4) is 0 Å². The van der Waals surface area contributed by atoms with E-state index in [1.54, 1.807) is 48.5 Å². The molecule has 0 saturated heterocycles. The Balaban J connectivity index is 2.47. The molecule has 0 fully saturated rings. The van der Waals surface area contributed by atoms with Gasteiger partial charge in [0.2, 0.25) is 0 Å². The number of nitriles is 1. The van der Waals surface area contributed by atoms with Crippen LogP contribution in [-0.2, 0) is 0 Å². The average Bonchev–Trinajstić information content (AvgIpc) is 2.50. The lowest BCUT2D eigenvalue weighted by atomic mass is 10.1. The lowest BCUT2D eigenvalue weighted by Gasteiger charge is -2.13. The Morgan fingerprint density at radius 3 is 2.29 bits per heavy atom. The average molecular weight is 296 g/mol. The van der Waals surface area contributed by atoms with Crippen LogP contribution in [-0.4, -0.2) is 4.57 Å². The summed E-state index contributed by atoms with van der Waals surface area (Å²) in [5, 5.41) is 10.9. The Kier molecular flexibility index (Phi) is 3.13. The fraction of sp³-hybridized carbons (Fsp3) is 0. The summed E-state index contributed by atoms with van der Waals surface area (Å²) in [7, 11) is 0. The van der Waals surface area contributed by atoms with E-state index in [4.69, 9.17) is 17.3 Å². The van der Waals surface area contributed by atoms with Crippen LogP contribution in [0.2, 0.25) is 5.02 Å². The molecule has 0 atom stereocenters. The molecule has 0 unspecified atom stereocenters. The van der Waals surface area contributed by atoms with Gasteiger partial charge in [-0.2, -0.15) is 5.26 Å². The van der Waals surface area contributed by atoms with Crippen LogP contribution in [0, 0.1) is 11.3 Å². The van der Waals surface area contributed by atoms with Crippen molar-refractivity contribution in [2.24, 2.45) is 0 Å². The number of anilines is 1. The van der Waals surface area contributed by atoms with Gasteiger partial charge in [0.05, 0.1) is 5.69 Å². The Bertz CT molecular complexity index is 937. The van der Waals surface area contributed by atoms with Crippen LogP contribution in [0.25, 0.3) is 16.5 Å². The molecule has 0 aliphatic carbocycles. The van der Waals surface area contributed by atoms with Crippen molar-refractivity contribution in [3.8, 4) is 11.8 Å². The number of benzene rings is 2. The second-order valence-electron chi connectivity index (χ2n) is 4.53. The van der Waals surface area contributed by atoms with Gasteiger partial charge in [-0.1, -0.05) is 29.8 Å². The van der Waals surface area contributed by atoms with E-state index in [1.165, 1.54) is 4.57 Å². The molecule has 2 aromatic carbocycles. The van der Waals surface area contributed by atoms with Crippen molar-refractivity contribution in [3.05, 3.63) is 69.5 Å². The monoisotopic (exact) mass is 295 g/mol. The largest absolute Gasteiger partial charge is 0.384 e. The minimum atomic E-state index is -0.260. The first-order chi connectivity index (χ1) is 10.1. The number of hydrogen-bond acceptors (Lipinski definition) is 3. The predicted octanol–water partition coefficient (Wildman–Crippen LogP) is 3.10. The fourth-order valence-corrected chi connectivity index (χ4v) is 2.46. The van der Waals surface area contributed by atoms with Crippen molar-refractivity contribution >= 4 is 28.2 Å². The predicted molar refractivity (Wildman–Crippen MR) is 83.7 cm³/mol. The summed E-state index contributed by atoms with van der Waals surface area (Å²) in [6.45, 7) is 0. The third kappa shape index (κ3) is 2.04. The number of rotatable bonds is 1. The Morgan fingerprint density at radius 2 is 1.67 bits per heavy atom. The van der Waals surface area contributed by atoms with Gasteiger partial charge in [-0.05, 0) is 30.3 Å². The van der Waals surface area contributed by atoms with Crippen LogP contribution >= 0.6 is 11.6 Å². The molecule has 2 N–H and O–H groups in total. The SMILES string of the molecule is N#Cc1c(N)n(-c2ccc(Cl)cc2)c(=O)c2ccccc12. The molecule has 5 heteroatoms. The van der Waals surface area contributed by atoms with Gasteiger partial charge in [0.25, 0.3) is 5.56 Å². The molecule has 1 aromatic heterocycles. The first-order valence-corrected chi connectivity index (χ1v) is 6.60. The van der Waals surface area contributed by atoms with E-state index in [0.29, 0.717) is 27.0 Å². The summed E-state index contributed by atoms with van der Waals surface area (Å²) >= 11 is 5.86. The summed E-state index contributed by atoms with van der Waals surface area (Å²) in [4.78, 5) is 12.6. The zero-order valence-electron chi connectivity index (χ0n) is 10.9. The van der Waals surface area contributed by atoms with Gasteiger partial charge < -0.3 is 5.73 Å². The Hall–Kier alpha value is -2.77. The number of fused-ring (bicyclic) bond motifs is 1. The molecule has 0 bridgehead atoms. The molecule has 3 rings (SSSR count). The van der Waals surface area contributed by atoms with E-state index >= 15 is 0 Å². The van der Waals surface area contributed by atoms with Crippen molar-refractivity contribution in [1.82, 2.24) is 4.57 Å². The number of aromatic nitrogens is 1. The lowest BCUT2D eigenvalue weighted by Crippen LogP contribution is -2.22. The molecule has 1 heterocycles. The van der Waals surface area contributed by atoms with Gasteiger partial charge in [0.1, 0.15) is 17.5 Å². The minimum Gasteiger partial charge on any atom is -0.384 e. The summed E-state index contributed by atoms with van der Waals surface area (Å²) in [5.74, 6) is 0.128. The first kappa shape index (κ1) is 13.2. The number of nitrogens with two attached hydrogens (primary N) is 1. The summed E-state index contributed by atoms with van der Waals surface area (Å²) in [5.41, 5.74) is 6.64. The quantitative estimate of drug-likeness (QED) is 0.750. The molecular formula is C16H10ClN3O. The van der Waals surface area contributed by atoms with E-state index in [2.05, 4.69) is 6.07 Å². The van der Waals surface area contributed by atoms with Crippen molar-refractivity contribution in [3.63, 3.8) is 0 Å². The van der Waals surface area contributed by atoms with E-state index in [-0.39, 0.29) is 11.4 Å². The van der Waals surface area contributed by atoms with Gasteiger partial charge in [-0.25, -0.2) is 0 Å². The smallest absolute Gasteiger partial charge is 0.264 e. The number of hydrogen-bond donors (Lipinski definition) is 1. The molecule has 0 radical (unpaired) electrons. The van der Waals surface area contributed by atoms with Gasteiger partial charge in [0.15, 0.2) is 0 Å². The van der Waals surface area contributed by atoms with E-state index in [1.807, 2.05) is 0 Å². The molecule has 0 aliphatic heterocycles. The summed E-state index contributed by atoms with van der Waals surface area (Å²) in [6.07, 6.45) is 0. The van der Waals surface area contributed by atoms with Crippen LogP contribution in [0.15, 0.2) is 53.3 Å². The topological polar surface area (TPSA) is 71.8 Å². The van der Waals surface area contributed by atoms with Gasteiger partial charge >= 0.3 is 0 Å². The highest BCUT2D eigenvalue weighted by Crippen LogP contribution is 2.23. The number of nitrogen functional groups attached to an aromatic ring is 1. The van der Waals surface area contributed by atoms with Crippen molar-refractivity contribution < 1.29 is 0 Å². The van der Waals surface area contributed by atoms with Crippen LogP contribution < -0.4 is 11.3 Å². The van der Waals surface area contributed by atoms with Crippen LogP contribution in [0.4, 0.5) is 5.82 Å². The Labute approximate surface area is 125 Å². The maximum absolute atomic E-state index is 12.6. The third-order valence-corrected chi connectivity index (χ3v) is 3.58. The molecule has 0 spiro atoms. The standard InChI is InChI=1S/C16H10ClN3O/c17-10-5-7-11(8-6-10)20-15(19)14(9-18)12-3-1-2-4-13(12)16(20)21/h1-8H,19H2. The van der Waals surface area contributed by atoms with Gasteiger partial charge in [-0.15, -0.1) is 0 Å². The molecule has 0 amide bonds. The molecule has 0 saturated carbocycles. The van der Waals surface area contributed by atoms with Crippen LogP contribution in [0.5, 0.6) is 0 Å². The highest BCUT2D eigenvalue weighted by Gasteiger charge is 2.15. The second-order valence-corrected chi connectivity index (χ2v) is 4.97. The number of halogens is 1. The van der Waals surface area contributed by atoms with Crippen molar-refractivity contribution in [2.45, 2.75) is 0 Å². The maximum Gasteiger partial charge on any atom is 0.264 e. The lowest BCUT2D eigenvalue weighted by molar-refractivity contribution is 1.02. The molecule has 0 aliphatic rings. The summed E-state index contributed by atoms with van der Waals surface area (Å²) in [6, 6.07) is 15.7. The van der Waals surface area contributed by atoms with E-state index in [9.17, 15) is 10.1 Å². The number of nitrogens with zero attached hydrogens (tertiary/aromatic N) is 2. The third-order valence-electron chi connectivity index (χ3n) is 3.32. The molecule has 102 valence electrons. The van der Waals surface area contributed by atoms with Gasteiger partial charge in [-0.3, -0.25) is 9.36 Å². The summed E-state index contributed by atoms with van der Waals surface area (Å²) < 4.78 is 1.33. The van der Waals surface area contributed by atoms with Crippen molar-refractivity contribution in [2.75, 3.05) is 5.73 Å². The zero-order valence-corrected chi connectivity index (χ0v) is 11.6. The van der Waals surface area contributed by atoms with E-state index in [0.717, 1.165) is 0 Å². The molecular weight excluding hydrogens is 286 g/mol. The fourth-order valence-electron chi connectivity index (χ4n) is 2.33.